The standard InChI is InChI=1S/C12H20N2O3/c15-11(10-3-1-2-6-13-10)14-9-5-4-8(7-9)12(16)17/h8-10,13H,1-7H2,(H,14,15)(H,16,17)/t8-,9+,10+/m1/s1. The van der Waals surface area contributed by atoms with Gasteiger partial charge in [-0.1, -0.05) is 6.42 Å². The molecule has 1 saturated carbocycles. The maximum absolute atomic E-state index is 11.9. The minimum Gasteiger partial charge on any atom is -0.481 e. The van der Waals surface area contributed by atoms with Crippen molar-refractivity contribution < 1.29 is 14.7 Å². The number of rotatable bonds is 3. The molecule has 0 bridgehead atoms. The lowest BCUT2D eigenvalue weighted by Gasteiger charge is -2.24. The maximum Gasteiger partial charge on any atom is 0.306 e. The van der Waals surface area contributed by atoms with E-state index >= 15 is 0 Å². The second-order valence-corrected chi connectivity index (χ2v) is 5.06. The molecule has 1 saturated heterocycles. The van der Waals surface area contributed by atoms with Crippen LogP contribution in [0.5, 0.6) is 0 Å². The molecule has 5 nitrogen and oxygen atoms in total. The minimum absolute atomic E-state index is 0.0424. The highest BCUT2D eigenvalue weighted by atomic mass is 16.4. The van der Waals surface area contributed by atoms with E-state index in [4.69, 9.17) is 5.11 Å². The van der Waals surface area contributed by atoms with Gasteiger partial charge in [0.15, 0.2) is 0 Å². The molecule has 2 rings (SSSR count). The molecular formula is C12H20N2O3. The number of hydrogen-bond donors (Lipinski definition) is 3. The van der Waals surface area contributed by atoms with Crippen molar-refractivity contribution in [3.63, 3.8) is 0 Å². The average molecular weight is 240 g/mol. The molecule has 2 aliphatic rings. The largest absolute Gasteiger partial charge is 0.481 e. The predicted octanol–water partition coefficient (Wildman–Crippen LogP) is 0.498. The van der Waals surface area contributed by atoms with Gasteiger partial charge in [0, 0.05) is 6.04 Å². The van der Waals surface area contributed by atoms with Crippen molar-refractivity contribution in [3.8, 4) is 0 Å². The van der Waals surface area contributed by atoms with Crippen LogP contribution in [0.4, 0.5) is 0 Å². The Hall–Kier alpha value is -1.10. The Balaban J connectivity index is 1.77. The van der Waals surface area contributed by atoms with Crippen LogP contribution in [0, 0.1) is 5.92 Å². The molecule has 0 unspecified atom stereocenters. The molecule has 1 heterocycles. The van der Waals surface area contributed by atoms with Gasteiger partial charge < -0.3 is 15.7 Å². The zero-order valence-corrected chi connectivity index (χ0v) is 9.95. The van der Waals surface area contributed by atoms with Crippen LogP contribution in [0.1, 0.15) is 38.5 Å². The first kappa shape index (κ1) is 12.4. The zero-order valence-electron chi connectivity index (χ0n) is 9.95. The van der Waals surface area contributed by atoms with E-state index in [1.165, 1.54) is 0 Å². The second kappa shape index (κ2) is 5.49. The SMILES string of the molecule is O=C(O)[C@@H]1CC[C@H](NC(=O)[C@@H]2CCCCN2)C1. The highest BCUT2D eigenvalue weighted by molar-refractivity contribution is 5.82. The number of carbonyl (C=O) groups is 2. The van der Waals surface area contributed by atoms with Gasteiger partial charge in [-0.05, 0) is 38.6 Å². The number of amides is 1. The molecule has 3 N–H and O–H groups in total. The van der Waals surface area contributed by atoms with E-state index in [-0.39, 0.29) is 23.9 Å². The fraction of sp³-hybridized carbons (Fsp3) is 0.833. The van der Waals surface area contributed by atoms with Crippen molar-refractivity contribution in [2.24, 2.45) is 5.92 Å². The molecule has 96 valence electrons. The smallest absolute Gasteiger partial charge is 0.306 e. The summed E-state index contributed by atoms with van der Waals surface area (Å²) in [6, 6.07) is -0.0278. The van der Waals surface area contributed by atoms with E-state index in [0.717, 1.165) is 32.2 Å². The summed E-state index contributed by atoms with van der Waals surface area (Å²) >= 11 is 0. The molecule has 1 amide bonds. The number of carboxylic acids is 1. The van der Waals surface area contributed by atoms with Crippen LogP contribution in [-0.2, 0) is 9.59 Å². The summed E-state index contributed by atoms with van der Waals surface area (Å²) in [7, 11) is 0. The van der Waals surface area contributed by atoms with Crippen LogP contribution < -0.4 is 10.6 Å². The number of hydrogen-bond acceptors (Lipinski definition) is 3. The monoisotopic (exact) mass is 240 g/mol. The summed E-state index contributed by atoms with van der Waals surface area (Å²) in [5.41, 5.74) is 0. The normalized spacial score (nSPS) is 33.3. The van der Waals surface area contributed by atoms with Gasteiger partial charge in [-0.3, -0.25) is 9.59 Å². The van der Waals surface area contributed by atoms with Crippen molar-refractivity contribution in [3.05, 3.63) is 0 Å². The average Bonchev–Trinajstić information content (AvgIpc) is 2.79. The van der Waals surface area contributed by atoms with Gasteiger partial charge in [0.2, 0.25) is 5.91 Å². The van der Waals surface area contributed by atoms with E-state index in [1.807, 2.05) is 0 Å². The Morgan fingerprint density at radius 1 is 1.18 bits per heavy atom. The van der Waals surface area contributed by atoms with Gasteiger partial charge >= 0.3 is 5.97 Å². The molecule has 3 atom stereocenters. The molecule has 0 aromatic rings. The Kier molecular flexibility index (Phi) is 3.99. The highest BCUT2D eigenvalue weighted by Crippen LogP contribution is 2.25. The van der Waals surface area contributed by atoms with Gasteiger partial charge in [-0.2, -0.15) is 0 Å². The van der Waals surface area contributed by atoms with Crippen LogP contribution in [0.25, 0.3) is 0 Å². The summed E-state index contributed by atoms with van der Waals surface area (Å²) in [4.78, 5) is 22.7. The topological polar surface area (TPSA) is 78.4 Å². The number of carboxylic acid groups (broad SMARTS) is 1. The molecule has 17 heavy (non-hydrogen) atoms. The molecular weight excluding hydrogens is 220 g/mol. The fourth-order valence-electron chi connectivity index (χ4n) is 2.71. The summed E-state index contributed by atoms with van der Waals surface area (Å²) in [6.07, 6.45) is 5.16. The molecule has 1 aliphatic carbocycles. The Morgan fingerprint density at radius 2 is 2.00 bits per heavy atom. The van der Waals surface area contributed by atoms with E-state index in [1.54, 1.807) is 0 Å². The van der Waals surface area contributed by atoms with Crippen LogP contribution >= 0.6 is 0 Å². The third kappa shape index (κ3) is 3.19. The second-order valence-electron chi connectivity index (χ2n) is 5.06. The summed E-state index contributed by atoms with van der Waals surface area (Å²) in [5, 5.41) is 15.1. The van der Waals surface area contributed by atoms with E-state index < -0.39 is 5.97 Å². The van der Waals surface area contributed by atoms with Crippen LogP contribution in [0.15, 0.2) is 0 Å². The van der Waals surface area contributed by atoms with Crippen LogP contribution in [0.3, 0.4) is 0 Å². The molecule has 2 fully saturated rings. The fourth-order valence-corrected chi connectivity index (χ4v) is 2.71. The zero-order chi connectivity index (χ0) is 12.3. The summed E-state index contributed by atoms with van der Waals surface area (Å²) < 4.78 is 0. The molecule has 5 heteroatoms. The molecule has 0 spiro atoms. The van der Waals surface area contributed by atoms with Gasteiger partial charge in [-0.15, -0.1) is 0 Å². The van der Waals surface area contributed by atoms with Crippen molar-refractivity contribution in [2.75, 3.05) is 6.54 Å². The third-order valence-electron chi connectivity index (χ3n) is 3.76. The third-order valence-corrected chi connectivity index (χ3v) is 3.76. The first-order valence-electron chi connectivity index (χ1n) is 6.43. The number of nitrogens with one attached hydrogen (secondary N) is 2. The van der Waals surface area contributed by atoms with E-state index in [9.17, 15) is 9.59 Å². The number of aliphatic carboxylic acids is 1. The predicted molar refractivity (Wildman–Crippen MR) is 62.5 cm³/mol. The highest BCUT2D eigenvalue weighted by Gasteiger charge is 2.32. The van der Waals surface area contributed by atoms with Crippen molar-refractivity contribution in [2.45, 2.75) is 50.6 Å². The minimum atomic E-state index is -0.738. The quantitative estimate of drug-likeness (QED) is 0.671. The van der Waals surface area contributed by atoms with Crippen LogP contribution in [-0.4, -0.2) is 35.6 Å². The van der Waals surface area contributed by atoms with Gasteiger partial charge in [0.05, 0.1) is 12.0 Å². The van der Waals surface area contributed by atoms with Crippen molar-refractivity contribution >= 4 is 11.9 Å². The van der Waals surface area contributed by atoms with Crippen molar-refractivity contribution in [1.82, 2.24) is 10.6 Å². The lowest BCUT2D eigenvalue weighted by molar-refractivity contribution is -0.141. The Morgan fingerprint density at radius 3 is 2.59 bits per heavy atom. The molecule has 0 radical (unpaired) electrons. The first-order valence-corrected chi connectivity index (χ1v) is 6.43. The number of carbonyl (C=O) groups excluding carboxylic acids is 1. The summed E-state index contributed by atoms with van der Waals surface area (Å²) in [5.74, 6) is -0.974. The molecule has 0 aromatic carbocycles. The van der Waals surface area contributed by atoms with Crippen LogP contribution in [0.2, 0.25) is 0 Å². The lowest BCUT2D eigenvalue weighted by atomic mass is 10.0. The van der Waals surface area contributed by atoms with E-state index in [0.29, 0.717) is 12.8 Å². The van der Waals surface area contributed by atoms with E-state index in [2.05, 4.69) is 10.6 Å². The van der Waals surface area contributed by atoms with Crippen molar-refractivity contribution in [1.29, 1.82) is 0 Å². The Labute approximate surface area is 101 Å². The molecule has 1 aliphatic heterocycles. The van der Waals surface area contributed by atoms with Gasteiger partial charge in [-0.25, -0.2) is 0 Å². The first-order chi connectivity index (χ1) is 8.16. The molecule has 0 aromatic heterocycles. The van der Waals surface area contributed by atoms with Gasteiger partial charge in [0.1, 0.15) is 0 Å². The van der Waals surface area contributed by atoms with Gasteiger partial charge in [0.25, 0.3) is 0 Å². The Bertz CT molecular complexity index is 300. The number of piperidine rings is 1. The lowest BCUT2D eigenvalue weighted by Crippen LogP contribution is -2.49. The summed E-state index contributed by atoms with van der Waals surface area (Å²) in [6.45, 7) is 0.903. The maximum atomic E-state index is 11.9.